The van der Waals surface area contributed by atoms with Gasteiger partial charge in [0.15, 0.2) is 5.78 Å². The number of rotatable bonds is 8. The van der Waals surface area contributed by atoms with E-state index in [4.69, 9.17) is 18.9 Å². The average molecular weight is 691 g/mol. The summed E-state index contributed by atoms with van der Waals surface area (Å²) in [6.45, 7) is 9.31. The molecular weight excluding hydrogens is 652 g/mol. The van der Waals surface area contributed by atoms with Crippen LogP contribution in [-0.2, 0) is 15.6 Å². The van der Waals surface area contributed by atoms with Crippen LogP contribution in [0.15, 0.2) is 121 Å². The summed E-state index contributed by atoms with van der Waals surface area (Å²) in [6, 6.07) is 37.9. The van der Waals surface area contributed by atoms with E-state index in [1.165, 1.54) is 6.92 Å². The second kappa shape index (κ2) is 13.2. The largest absolute Gasteiger partial charge is 0.519 e. The van der Waals surface area contributed by atoms with Gasteiger partial charge >= 0.3 is 12.1 Å². The van der Waals surface area contributed by atoms with E-state index >= 15 is 0 Å². The molecule has 0 heterocycles. The Morgan fingerprint density at radius 2 is 1.17 bits per heavy atom. The fraction of sp³-hybridized carbons (Fsp3) is 0.178. The van der Waals surface area contributed by atoms with Crippen molar-refractivity contribution in [3.8, 4) is 23.0 Å². The molecule has 52 heavy (non-hydrogen) atoms. The number of ether oxygens (including phenoxy) is 4. The van der Waals surface area contributed by atoms with E-state index in [0.717, 1.165) is 44.3 Å². The van der Waals surface area contributed by atoms with Gasteiger partial charge in [0.2, 0.25) is 0 Å². The molecule has 1 atom stereocenters. The molecule has 6 aromatic carbocycles. The Kier molecular flexibility index (Phi) is 8.67. The Bertz CT molecular complexity index is 2370. The van der Waals surface area contributed by atoms with Crippen molar-refractivity contribution < 1.29 is 33.3 Å². The summed E-state index contributed by atoms with van der Waals surface area (Å²) < 4.78 is 22.0. The van der Waals surface area contributed by atoms with Gasteiger partial charge in [-0.2, -0.15) is 0 Å². The Morgan fingerprint density at radius 1 is 0.635 bits per heavy atom. The molecule has 0 N–H and O–H groups in total. The molecule has 0 aliphatic heterocycles. The summed E-state index contributed by atoms with van der Waals surface area (Å²) in [6.07, 6.45) is -0.876. The van der Waals surface area contributed by atoms with Crippen molar-refractivity contribution in [2.24, 2.45) is 0 Å². The zero-order valence-corrected chi connectivity index (χ0v) is 29.9. The van der Waals surface area contributed by atoms with E-state index in [2.05, 4.69) is 13.8 Å². The fourth-order valence-electron chi connectivity index (χ4n) is 7.38. The maximum absolute atomic E-state index is 14.7. The van der Waals surface area contributed by atoms with Gasteiger partial charge in [0.05, 0.1) is 7.11 Å². The zero-order valence-electron chi connectivity index (χ0n) is 29.9. The van der Waals surface area contributed by atoms with E-state index in [1.807, 2.05) is 111 Å². The molecule has 7 heteroatoms. The highest BCUT2D eigenvalue weighted by Gasteiger charge is 2.50. The number of Topliss-reactive ketones (excluding diaryl/α,β-unsaturated/α-hetero) is 1. The standard InChI is InChI=1S/C45H38O7/c1-27-25-33(17-23-39(27)50-29(3)46)45(38-12-8-10-30-9-7-11-37(41(30)38)42(45)47)34-18-24-40(28(2)26-34)52-43(48)51-36-21-15-32(16-22-36)44(4,5)31-13-19-35(49-6)20-14-31/h7-26H,1-6H3. The quantitative estimate of drug-likeness (QED) is 0.0893. The molecule has 0 spiro atoms. The van der Waals surface area contributed by atoms with E-state index in [-0.39, 0.29) is 11.2 Å². The number of hydrogen-bond acceptors (Lipinski definition) is 7. The number of ketones is 1. The monoisotopic (exact) mass is 690 g/mol. The second-order valence-electron chi connectivity index (χ2n) is 13.7. The van der Waals surface area contributed by atoms with Gasteiger partial charge in [-0.05, 0) is 100.0 Å². The first-order valence-corrected chi connectivity index (χ1v) is 17.1. The molecule has 260 valence electrons. The predicted octanol–water partition coefficient (Wildman–Crippen LogP) is 9.82. The topological polar surface area (TPSA) is 88.1 Å². The third-order valence-electron chi connectivity index (χ3n) is 10.1. The van der Waals surface area contributed by atoms with Crippen LogP contribution in [0.1, 0.15) is 70.1 Å². The van der Waals surface area contributed by atoms with Crippen molar-refractivity contribution in [3.05, 3.63) is 166 Å². The van der Waals surface area contributed by atoms with Gasteiger partial charge in [-0.3, -0.25) is 9.59 Å². The number of aryl methyl sites for hydroxylation is 2. The van der Waals surface area contributed by atoms with Gasteiger partial charge < -0.3 is 18.9 Å². The number of carbonyl (C=O) groups excluding carboxylic acids is 3. The Hall–Kier alpha value is -6.21. The van der Waals surface area contributed by atoms with Crippen LogP contribution in [0.25, 0.3) is 10.8 Å². The first-order chi connectivity index (χ1) is 24.9. The van der Waals surface area contributed by atoms with Crippen molar-refractivity contribution >= 4 is 28.7 Å². The molecular formula is C45H38O7. The van der Waals surface area contributed by atoms with Gasteiger partial charge in [0, 0.05) is 17.9 Å². The van der Waals surface area contributed by atoms with Gasteiger partial charge in [-0.25, -0.2) is 4.79 Å². The van der Waals surface area contributed by atoms with Crippen LogP contribution in [-0.4, -0.2) is 25.0 Å². The highest BCUT2D eigenvalue weighted by atomic mass is 16.7. The molecule has 0 saturated heterocycles. The van der Waals surface area contributed by atoms with E-state index in [0.29, 0.717) is 33.9 Å². The summed E-state index contributed by atoms with van der Waals surface area (Å²) in [7, 11) is 1.64. The molecule has 0 bridgehead atoms. The molecule has 0 aromatic heterocycles. The number of esters is 1. The fourth-order valence-corrected chi connectivity index (χ4v) is 7.38. The minimum Gasteiger partial charge on any atom is -0.497 e. The van der Waals surface area contributed by atoms with Crippen LogP contribution in [0.2, 0.25) is 0 Å². The van der Waals surface area contributed by atoms with E-state index < -0.39 is 17.5 Å². The third-order valence-corrected chi connectivity index (χ3v) is 10.1. The lowest BCUT2D eigenvalue weighted by Gasteiger charge is -2.32. The first-order valence-electron chi connectivity index (χ1n) is 17.1. The van der Waals surface area contributed by atoms with Crippen LogP contribution < -0.4 is 18.9 Å². The Balaban J connectivity index is 1.18. The summed E-state index contributed by atoms with van der Waals surface area (Å²) in [4.78, 5) is 39.6. The molecule has 0 radical (unpaired) electrons. The highest BCUT2D eigenvalue weighted by molar-refractivity contribution is 6.23. The number of methoxy groups -OCH3 is 1. The summed E-state index contributed by atoms with van der Waals surface area (Å²) in [5, 5.41) is 1.87. The van der Waals surface area contributed by atoms with Crippen LogP contribution in [0.4, 0.5) is 4.79 Å². The highest BCUT2D eigenvalue weighted by Crippen LogP contribution is 2.51. The van der Waals surface area contributed by atoms with Crippen LogP contribution >= 0.6 is 0 Å². The minimum absolute atomic E-state index is 0.0648. The number of benzene rings is 6. The Morgan fingerprint density at radius 3 is 1.71 bits per heavy atom. The number of carbonyl (C=O) groups is 3. The number of hydrogen-bond donors (Lipinski definition) is 0. The lowest BCUT2D eigenvalue weighted by Crippen LogP contribution is -2.35. The SMILES string of the molecule is COc1ccc(C(C)(C)c2ccc(OC(=O)Oc3ccc(C4(c5ccc(OC(C)=O)c(C)c5)C(=O)c5cccc6cccc4c56)cc3C)cc2)cc1. The van der Waals surface area contributed by atoms with Crippen LogP contribution in [0.5, 0.6) is 23.0 Å². The molecule has 1 aliphatic rings. The smallest absolute Gasteiger partial charge is 0.497 e. The van der Waals surface area contributed by atoms with Crippen LogP contribution in [0.3, 0.4) is 0 Å². The zero-order chi connectivity index (χ0) is 36.8. The average Bonchev–Trinajstić information content (AvgIpc) is 3.39. The van der Waals surface area contributed by atoms with Gasteiger partial charge in [-0.1, -0.05) is 98.8 Å². The molecule has 7 rings (SSSR count). The predicted molar refractivity (Wildman–Crippen MR) is 200 cm³/mol. The van der Waals surface area contributed by atoms with Crippen molar-refractivity contribution in [3.63, 3.8) is 0 Å². The third kappa shape index (κ3) is 5.78. The molecule has 1 aliphatic carbocycles. The minimum atomic E-state index is -1.20. The maximum Gasteiger partial charge on any atom is 0.519 e. The normalized spacial score (nSPS) is 15.0. The molecule has 1 unspecified atom stereocenters. The molecule has 6 aromatic rings. The molecule has 0 saturated carbocycles. The van der Waals surface area contributed by atoms with Gasteiger partial charge in [0.25, 0.3) is 0 Å². The van der Waals surface area contributed by atoms with Crippen molar-refractivity contribution in [2.45, 2.75) is 45.4 Å². The lowest BCUT2D eigenvalue weighted by atomic mass is 9.68. The van der Waals surface area contributed by atoms with E-state index in [9.17, 15) is 14.4 Å². The molecule has 7 nitrogen and oxygen atoms in total. The lowest BCUT2D eigenvalue weighted by molar-refractivity contribution is -0.131. The maximum atomic E-state index is 14.7. The Labute approximate surface area is 302 Å². The van der Waals surface area contributed by atoms with E-state index in [1.54, 1.807) is 31.4 Å². The second-order valence-corrected chi connectivity index (χ2v) is 13.7. The molecule has 0 fully saturated rings. The van der Waals surface area contributed by atoms with Crippen molar-refractivity contribution in [1.29, 1.82) is 0 Å². The first kappa shape index (κ1) is 34.2. The van der Waals surface area contributed by atoms with Crippen molar-refractivity contribution in [1.82, 2.24) is 0 Å². The molecule has 0 amide bonds. The van der Waals surface area contributed by atoms with Gasteiger partial charge in [0.1, 0.15) is 28.4 Å². The summed E-state index contributed by atoms with van der Waals surface area (Å²) in [5.41, 5.74) is 4.99. The van der Waals surface area contributed by atoms with Crippen LogP contribution in [0, 0.1) is 13.8 Å². The van der Waals surface area contributed by atoms with Gasteiger partial charge in [-0.15, -0.1) is 0 Å². The van der Waals surface area contributed by atoms with Crippen molar-refractivity contribution in [2.75, 3.05) is 7.11 Å². The summed E-state index contributed by atoms with van der Waals surface area (Å²) >= 11 is 0. The summed E-state index contributed by atoms with van der Waals surface area (Å²) in [5.74, 6) is 1.40.